The number of hydrogen-bond donors (Lipinski definition) is 0. The average molecular weight is 2320 g/mol. The van der Waals surface area contributed by atoms with Crippen LogP contribution in [-0.2, 0) is 752 Å². The van der Waals surface area contributed by atoms with E-state index in [9.17, 15) is 0 Å². The van der Waals surface area contributed by atoms with E-state index in [2.05, 4.69) is 27.7 Å². The summed E-state index contributed by atoms with van der Waals surface area (Å²) in [6.07, 6.45) is 6.75. The molecule has 2 saturated carbocycles. The van der Waals surface area contributed by atoms with E-state index < -0.39 is 0 Å². The van der Waals surface area contributed by atoms with Crippen molar-refractivity contribution in [1.82, 2.24) is 0 Å². The van der Waals surface area contributed by atoms with Crippen LogP contribution in [0.3, 0.4) is 0 Å². The minimum absolute atomic E-state index is 0. The predicted molar refractivity (Wildman–Crippen MR) is 101 cm³/mol. The number of rotatable bonds is 0. The molecule has 197 valence electrons. The molecular weight excluding hydrogens is 2270 g/mol. The Labute approximate surface area is 851 Å². The minimum atomic E-state index is 0. The van der Waals surface area contributed by atoms with Gasteiger partial charge in [-0.05, 0) is 0 Å². The molecule has 2 aliphatic carbocycles. The summed E-state index contributed by atoms with van der Waals surface area (Å²) in [6.45, 7) is 19.8. The normalized spacial score (nSPS) is 5.71. The quantitative estimate of drug-likeness (QED) is 0.216. The smallest absolute Gasteiger partial charge is 0 e. The van der Waals surface area contributed by atoms with E-state index in [0.29, 0.717) is 0 Å². The van der Waals surface area contributed by atoms with Crippen molar-refractivity contribution in [3.8, 4) is 0 Å². The maximum absolute atomic E-state index is 3.75. The molecule has 2 rings (SSSR count). The van der Waals surface area contributed by atoms with Crippen LogP contribution in [0.25, 0.3) is 0 Å². The summed E-state index contributed by atoms with van der Waals surface area (Å²) in [5.41, 5.74) is 0. The fourth-order valence-corrected chi connectivity index (χ4v) is 0.236. The molecule has 0 spiro atoms. The first-order valence-corrected chi connectivity index (χ1v) is 6.86. The van der Waals surface area contributed by atoms with Crippen LogP contribution in [0.2, 0.25) is 0 Å². The summed E-state index contributed by atoms with van der Waals surface area (Å²) in [5.74, 6) is 1.67. The molecule has 0 aromatic carbocycles. The third-order valence-corrected chi connectivity index (χ3v) is 1.39. The fraction of sp³-hybridized carbons (Fsp3) is 0.789. The van der Waals surface area contributed by atoms with Gasteiger partial charge in [0.15, 0.2) is 0 Å². The van der Waals surface area contributed by atoms with E-state index >= 15 is 0 Å². The number of hydrogen-bond acceptors (Lipinski definition) is 0. The predicted octanol–water partition coefficient (Wildman–Crippen LogP) is 8.04. The minimum Gasteiger partial charge on any atom is -0.358 e. The monoisotopic (exact) mass is 2320 g/mol. The first kappa shape index (κ1) is 212. The van der Waals surface area contributed by atoms with Crippen molar-refractivity contribution in [3.05, 3.63) is 28.7 Å². The van der Waals surface area contributed by atoms with Crippen molar-refractivity contribution in [2.75, 3.05) is 0 Å². The van der Waals surface area contributed by atoms with Crippen molar-refractivity contribution >= 4 is 0 Å². The molecule has 42 heavy (non-hydrogen) atoms. The SMILES string of the molecule is C.C.CC.CC.CCC.[CH2-]C1CC1.[CH2-]C1CC1.[CH3-].[CH3-].[Y].[Y].[Y].[Y].[Y].[Y].[Y].[Y].[Y].[Y].[Y].[Y].[Y].[Y].[Y].[Y].[Y].[Y].[Y].[Y].[Y].[Y].[Y]. The van der Waals surface area contributed by atoms with Gasteiger partial charge in [-0.2, -0.15) is 11.8 Å². The van der Waals surface area contributed by atoms with E-state index in [1.807, 2.05) is 27.7 Å². The Morgan fingerprint density at radius 3 is 0.357 bits per heavy atom. The van der Waals surface area contributed by atoms with Gasteiger partial charge in [0.05, 0.1) is 0 Å². The zero-order valence-corrected chi connectivity index (χ0v) is 92.7. The van der Waals surface area contributed by atoms with Crippen LogP contribution in [0.15, 0.2) is 0 Å². The van der Waals surface area contributed by atoms with Gasteiger partial charge in [0.2, 0.25) is 0 Å². The molecule has 2 fully saturated rings. The Bertz CT molecular complexity index is 99.8. The topological polar surface area (TPSA) is 0 Å². The van der Waals surface area contributed by atoms with Gasteiger partial charge in [0.25, 0.3) is 0 Å². The molecular formula is C19H48Y23-4. The van der Waals surface area contributed by atoms with Gasteiger partial charge >= 0.3 is 0 Å². The summed E-state index contributed by atoms with van der Waals surface area (Å²) >= 11 is 0. The molecule has 0 amide bonds. The molecule has 2 aliphatic rings. The maximum atomic E-state index is 3.75. The first-order chi connectivity index (χ1) is 7.20. The van der Waals surface area contributed by atoms with E-state index in [-0.39, 0.29) is 782 Å². The van der Waals surface area contributed by atoms with Crippen molar-refractivity contribution < 1.29 is 752 Å². The Morgan fingerprint density at radius 2 is 0.357 bits per heavy atom. The molecule has 0 heterocycles. The Kier molecular flexibility index (Phi) is 1080. The fourth-order valence-electron chi connectivity index (χ4n) is 0.236. The van der Waals surface area contributed by atoms with Gasteiger partial charge in [-0.15, -0.1) is 0 Å². The first-order valence-electron chi connectivity index (χ1n) is 6.86. The van der Waals surface area contributed by atoms with Crippen LogP contribution in [0.5, 0.6) is 0 Å². The van der Waals surface area contributed by atoms with Crippen molar-refractivity contribution in [1.29, 1.82) is 0 Å². The molecule has 23 radical (unpaired) electrons. The van der Waals surface area contributed by atoms with Crippen LogP contribution in [0.4, 0.5) is 0 Å². The van der Waals surface area contributed by atoms with Crippen LogP contribution in [0.1, 0.15) is 88.5 Å². The van der Waals surface area contributed by atoms with Crippen LogP contribution >= 0.6 is 0 Å². The Hall–Kier alpha value is 25.4. The van der Waals surface area contributed by atoms with Gasteiger partial charge in [-0.25, -0.2) is 0 Å². The van der Waals surface area contributed by atoms with Crippen LogP contribution in [0, 0.1) is 40.5 Å². The van der Waals surface area contributed by atoms with Gasteiger partial charge in [-0.1, -0.05) is 88.5 Å². The Morgan fingerprint density at radius 1 is 0.333 bits per heavy atom. The molecule has 0 saturated heterocycles. The summed E-state index contributed by atoms with van der Waals surface area (Å²) in [7, 11) is 0. The van der Waals surface area contributed by atoms with Gasteiger partial charge in [-0.3, -0.25) is 0 Å². The zero-order valence-electron chi connectivity index (χ0n) is 27.4. The Balaban J connectivity index is -0.00000000134. The summed E-state index contributed by atoms with van der Waals surface area (Å²) in [4.78, 5) is 0. The molecule has 0 aliphatic heterocycles. The van der Waals surface area contributed by atoms with E-state index in [1.54, 1.807) is 0 Å². The zero-order chi connectivity index (χ0) is 12.7. The molecule has 0 bridgehead atoms. The van der Waals surface area contributed by atoms with Gasteiger partial charge in [0, 0.05) is 752 Å². The van der Waals surface area contributed by atoms with Crippen molar-refractivity contribution in [2.24, 2.45) is 11.8 Å². The molecule has 0 nitrogen and oxygen atoms in total. The average Bonchev–Trinajstić information content (AvgIpc) is 3.16. The second-order valence-electron chi connectivity index (χ2n) is 3.59. The van der Waals surface area contributed by atoms with Crippen LogP contribution in [-0.4, -0.2) is 0 Å². The largest absolute Gasteiger partial charge is 0.358 e. The van der Waals surface area contributed by atoms with Crippen molar-refractivity contribution in [3.63, 3.8) is 0 Å². The van der Waals surface area contributed by atoms with Gasteiger partial charge < -0.3 is 28.7 Å². The molecule has 0 N–H and O–H groups in total. The van der Waals surface area contributed by atoms with E-state index in [4.69, 9.17) is 0 Å². The summed E-state index contributed by atoms with van der Waals surface area (Å²) in [6, 6.07) is 0. The van der Waals surface area contributed by atoms with Crippen LogP contribution < -0.4 is 0 Å². The molecule has 0 unspecified atom stereocenters. The summed E-state index contributed by atoms with van der Waals surface area (Å²) < 4.78 is 0. The second kappa shape index (κ2) is 214. The third kappa shape index (κ3) is 275. The van der Waals surface area contributed by atoms with E-state index in [1.165, 1.54) is 32.1 Å². The van der Waals surface area contributed by atoms with Crippen molar-refractivity contribution in [2.45, 2.75) is 88.5 Å². The molecule has 0 aromatic rings. The third-order valence-electron chi connectivity index (χ3n) is 1.39. The summed E-state index contributed by atoms with van der Waals surface area (Å²) in [5, 5.41) is 0. The second-order valence-corrected chi connectivity index (χ2v) is 3.59. The maximum Gasteiger partial charge on any atom is 0 e. The van der Waals surface area contributed by atoms with E-state index in [0.717, 1.165) is 11.8 Å². The van der Waals surface area contributed by atoms with Gasteiger partial charge in [0.1, 0.15) is 0 Å². The molecule has 0 atom stereocenters. The molecule has 0 aromatic heterocycles. The standard InChI is InChI=1S/2C4H7.C3H8.2C2H6.2CH4.2CH3.23Y/c2*1-4-2-3-4;1-3-2;2*1-2;;;;;;;;;;;;;;;;;;;;;;;;;;;/h2*4H,1-3H2;3H2,1-2H3;2*1-2H3;2*1H4;2*1H3;;;;;;;;;;;;;;;;;;;;;;;/q2*-1;;;;;;2*-1;;;;;;;;;;;;;;;;;;;;;;;. The molecule has 23 heteroatoms.